The SMILES string of the molecule is [N-]=[N+]=N/C(=C\c1ccc(F)c(Cl)c1)C(=O)O. The molecule has 1 rings (SSSR count). The zero-order chi connectivity index (χ0) is 12.1. The van der Waals surface area contributed by atoms with E-state index >= 15 is 0 Å². The highest BCUT2D eigenvalue weighted by molar-refractivity contribution is 6.30. The molecule has 0 fully saturated rings. The van der Waals surface area contributed by atoms with Crippen molar-refractivity contribution in [3.63, 3.8) is 0 Å². The summed E-state index contributed by atoms with van der Waals surface area (Å²) in [6, 6.07) is 3.63. The van der Waals surface area contributed by atoms with Gasteiger partial charge in [-0.05, 0) is 29.3 Å². The Hall–Kier alpha value is -2.04. The van der Waals surface area contributed by atoms with Gasteiger partial charge in [0.15, 0.2) is 0 Å². The van der Waals surface area contributed by atoms with Gasteiger partial charge in [-0.1, -0.05) is 22.8 Å². The molecular formula is C9H5ClFN3O2. The predicted molar refractivity (Wildman–Crippen MR) is 56.2 cm³/mol. The second-order valence-electron chi connectivity index (χ2n) is 2.70. The standard InChI is InChI=1S/C9H5ClFN3O2/c10-6-3-5(1-2-7(6)11)4-8(9(15)16)13-14-12/h1-4H,(H,15,16)/b8-4-. The van der Waals surface area contributed by atoms with Crippen LogP contribution in [-0.4, -0.2) is 11.1 Å². The van der Waals surface area contributed by atoms with E-state index in [4.69, 9.17) is 22.2 Å². The number of carboxylic acids is 1. The van der Waals surface area contributed by atoms with Crippen LogP contribution in [0.4, 0.5) is 4.39 Å². The average molecular weight is 242 g/mol. The van der Waals surface area contributed by atoms with Gasteiger partial charge in [0, 0.05) is 4.91 Å². The third-order valence-corrected chi connectivity index (χ3v) is 1.91. The molecule has 82 valence electrons. The molecule has 0 aliphatic heterocycles. The number of hydrogen-bond donors (Lipinski definition) is 1. The minimum absolute atomic E-state index is 0.139. The largest absolute Gasteiger partial charge is 0.478 e. The Kier molecular flexibility index (Phi) is 3.88. The second-order valence-corrected chi connectivity index (χ2v) is 3.10. The van der Waals surface area contributed by atoms with Gasteiger partial charge in [0.1, 0.15) is 11.5 Å². The molecule has 0 spiro atoms. The van der Waals surface area contributed by atoms with Crippen molar-refractivity contribution < 1.29 is 14.3 Å². The van der Waals surface area contributed by atoms with Crippen molar-refractivity contribution in [3.05, 3.63) is 50.7 Å². The van der Waals surface area contributed by atoms with Crippen LogP contribution in [-0.2, 0) is 4.79 Å². The third kappa shape index (κ3) is 2.98. The number of carbonyl (C=O) groups is 1. The first-order valence-corrected chi connectivity index (χ1v) is 4.37. The maximum absolute atomic E-state index is 12.8. The van der Waals surface area contributed by atoms with E-state index < -0.39 is 17.5 Å². The Morgan fingerprint density at radius 2 is 2.31 bits per heavy atom. The maximum Gasteiger partial charge on any atom is 0.338 e. The fourth-order valence-electron chi connectivity index (χ4n) is 0.942. The minimum Gasteiger partial charge on any atom is -0.478 e. The van der Waals surface area contributed by atoms with Crippen LogP contribution in [0.15, 0.2) is 29.0 Å². The van der Waals surface area contributed by atoms with Gasteiger partial charge in [-0.25, -0.2) is 9.18 Å². The first kappa shape index (κ1) is 12.0. The Bertz CT molecular complexity index is 505. The van der Waals surface area contributed by atoms with Crippen LogP contribution in [0.5, 0.6) is 0 Å². The molecule has 5 nitrogen and oxygen atoms in total. The molecule has 1 aromatic carbocycles. The van der Waals surface area contributed by atoms with Gasteiger partial charge < -0.3 is 5.11 Å². The number of rotatable bonds is 3. The van der Waals surface area contributed by atoms with Gasteiger partial charge in [-0.2, -0.15) is 0 Å². The molecule has 0 bridgehead atoms. The fourth-order valence-corrected chi connectivity index (χ4v) is 1.13. The minimum atomic E-state index is -1.38. The Morgan fingerprint density at radius 1 is 1.62 bits per heavy atom. The third-order valence-electron chi connectivity index (χ3n) is 1.62. The van der Waals surface area contributed by atoms with E-state index in [0.29, 0.717) is 5.56 Å². The van der Waals surface area contributed by atoms with Crippen LogP contribution >= 0.6 is 11.6 Å². The second kappa shape index (κ2) is 5.16. The molecule has 16 heavy (non-hydrogen) atoms. The molecule has 1 N–H and O–H groups in total. The van der Waals surface area contributed by atoms with Gasteiger partial charge in [-0.15, -0.1) is 0 Å². The summed E-state index contributed by atoms with van der Waals surface area (Å²) in [5.41, 5.74) is 7.96. The lowest BCUT2D eigenvalue weighted by atomic mass is 10.2. The first-order chi connectivity index (χ1) is 7.54. The van der Waals surface area contributed by atoms with Crippen molar-refractivity contribution >= 4 is 23.6 Å². The van der Waals surface area contributed by atoms with Gasteiger partial charge in [0.2, 0.25) is 0 Å². The molecule has 0 heterocycles. The van der Waals surface area contributed by atoms with Gasteiger partial charge in [0.05, 0.1) is 5.02 Å². The number of hydrogen-bond acceptors (Lipinski definition) is 2. The topological polar surface area (TPSA) is 86.1 Å². The summed E-state index contributed by atoms with van der Waals surface area (Å²) in [6.45, 7) is 0. The van der Waals surface area contributed by atoms with Crippen LogP contribution in [0, 0.1) is 5.82 Å². The highest BCUT2D eigenvalue weighted by Gasteiger charge is 2.05. The molecule has 0 saturated carbocycles. The van der Waals surface area contributed by atoms with Crippen LogP contribution in [0.2, 0.25) is 5.02 Å². The summed E-state index contributed by atoms with van der Waals surface area (Å²) in [5, 5.41) is 11.5. The van der Waals surface area contributed by atoms with Crippen molar-refractivity contribution in [3.8, 4) is 0 Å². The smallest absolute Gasteiger partial charge is 0.338 e. The van der Waals surface area contributed by atoms with E-state index in [1.54, 1.807) is 0 Å². The average Bonchev–Trinajstić information content (AvgIpc) is 2.22. The lowest BCUT2D eigenvalue weighted by Crippen LogP contribution is -1.96. The zero-order valence-electron chi connectivity index (χ0n) is 7.76. The maximum atomic E-state index is 12.8. The molecule has 0 aromatic heterocycles. The van der Waals surface area contributed by atoms with E-state index in [1.165, 1.54) is 12.1 Å². The molecule has 1 aromatic rings. The molecule has 0 saturated heterocycles. The quantitative estimate of drug-likeness (QED) is 0.381. The summed E-state index contributed by atoms with van der Waals surface area (Å²) in [4.78, 5) is 13.0. The van der Waals surface area contributed by atoms with Gasteiger partial charge in [-0.3, -0.25) is 0 Å². The van der Waals surface area contributed by atoms with E-state index in [-0.39, 0.29) is 5.02 Å². The first-order valence-electron chi connectivity index (χ1n) is 3.99. The normalized spacial score (nSPS) is 10.8. The lowest BCUT2D eigenvalue weighted by molar-refractivity contribution is -0.132. The Labute approximate surface area is 94.4 Å². The molecular weight excluding hydrogens is 237 g/mol. The molecule has 0 radical (unpaired) electrons. The summed E-state index contributed by atoms with van der Waals surface area (Å²) in [7, 11) is 0. The van der Waals surface area contributed by atoms with Crippen molar-refractivity contribution in [1.29, 1.82) is 0 Å². The zero-order valence-corrected chi connectivity index (χ0v) is 8.52. The summed E-state index contributed by atoms with van der Waals surface area (Å²) < 4.78 is 12.8. The Morgan fingerprint density at radius 3 is 2.81 bits per heavy atom. The van der Waals surface area contributed by atoms with E-state index in [1.807, 2.05) is 0 Å². The van der Waals surface area contributed by atoms with E-state index in [0.717, 1.165) is 12.1 Å². The lowest BCUT2D eigenvalue weighted by Gasteiger charge is -1.97. The number of azide groups is 1. The van der Waals surface area contributed by atoms with Crippen molar-refractivity contribution in [2.24, 2.45) is 5.11 Å². The molecule has 0 atom stereocenters. The van der Waals surface area contributed by atoms with E-state index in [9.17, 15) is 9.18 Å². The van der Waals surface area contributed by atoms with Crippen LogP contribution < -0.4 is 0 Å². The fraction of sp³-hybridized carbons (Fsp3) is 0. The monoisotopic (exact) mass is 241 g/mol. The number of aliphatic carboxylic acids is 1. The van der Waals surface area contributed by atoms with Crippen LogP contribution in [0.3, 0.4) is 0 Å². The molecule has 0 unspecified atom stereocenters. The number of nitrogens with zero attached hydrogens (tertiary/aromatic N) is 3. The molecule has 0 aliphatic rings. The van der Waals surface area contributed by atoms with Gasteiger partial charge >= 0.3 is 5.97 Å². The predicted octanol–water partition coefficient (Wildman–Crippen LogP) is 3.21. The summed E-state index contributed by atoms with van der Waals surface area (Å²) in [5.74, 6) is -1.99. The highest BCUT2D eigenvalue weighted by Crippen LogP contribution is 2.18. The van der Waals surface area contributed by atoms with Gasteiger partial charge in [0.25, 0.3) is 0 Å². The molecule has 7 heteroatoms. The summed E-state index contributed by atoms with van der Waals surface area (Å²) >= 11 is 5.50. The van der Waals surface area contributed by atoms with Crippen molar-refractivity contribution in [2.45, 2.75) is 0 Å². The van der Waals surface area contributed by atoms with Crippen molar-refractivity contribution in [1.82, 2.24) is 0 Å². The number of carboxylic acid groups (broad SMARTS) is 1. The Balaban J connectivity index is 3.18. The molecule has 0 amide bonds. The van der Waals surface area contributed by atoms with Crippen LogP contribution in [0.1, 0.15) is 5.56 Å². The highest BCUT2D eigenvalue weighted by atomic mass is 35.5. The number of benzene rings is 1. The van der Waals surface area contributed by atoms with E-state index in [2.05, 4.69) is 10.0 Å². The molecule has 0 aliphatic carbocycles. The number of halogens is 2. The van der Waals surface area contributed by atoms with Crippen LogP contribution in [0.25, 0.3) is 16.5 Å². The summed E-state index contributed by atoms with van der Waals surface area (Å²) in [6.07, 6.45) is 1.09. The van der Waals surface area contributed by atoms with Crippen molar-refractivity contribution in [2.75, 3.05) is 0 Å².